The van der Waals surface area contributed by atoms with Crippen LogP contribution in [0.1, 0.15) is 53.6 Å². The molecule has 0 aliphatic carbocycles. The Bertz CT molecular complexity index is 3210. The zero-order chi connectivity index (χ0) is 38.9. The van der Waals surface area contributed by atoms with Gasteiger partial charge in [-0.1, -0.05) is 62.1 Å². The molecule has 8 bridgehead atoms. The molecule has 2 aliphatic heterocycles. The van der Waals surface area contributed by atoms with E-state index in [4.69, 9.17) is 35.6 Å². The number of H-pyrrole nitrogens is 2. The lowest BCUT2D eigenvalue weighted by molar-refractivity contribution is 0.587. The number of aromatic amines is 2. The third-order valence-corrected chi connectivity index (χ3v) is 11.1. The van der Waals surface area contributed by atoms with Crippen molar-refractivity contribution in [3.63, 3.8) is 0 Å². The lowest BCUT2D eigenvalue weighted by atomic mass is 10.0. The number of nitrogens with zero attached hydrogens (tertiary/aromatic N) is 6. The Morgan fingerprint density at radius 3 is 1.58 bits per heavy atom. The predicted molar refractivity (Wildman–Crippen MR) is 230 cm³/mol. The molecule has 0 unspecified atom stereocenters. The van der Waals surface area contributed by atoms with E-state index in [1.807, 2.05) is 55.5 Å². The van der Waals surface area contributed by atoms with Gasteiger partial charge < -0.3 is 15.7 Å². The Hall–Kier alpha value is -7.18. The molecule has 0 radical (unpaired) electrons. The average Bonchev–Trinajstić information content (AvgIpc) is 3.92. The number of nitrogens with one attached hydrogen (secondary N) is 2. The van der Waals surface area contributed by atoms with Gasteiger partial charge in [0.1, 0.15) is 22.6 Å². The maximum absolute atomic E-state index is 6.47. The third kappa shape index (κ3) is 6.07. The van der Waals surface area contributed by atoms with Crippen LogP contribution in [0.15, 0.2) is 91.0 Å². The Morgan fingerprint density at radius 2 is 1.00 bits per heavy atom. The number of nitrogens with two attached hydrogens (primary N) is 1. The fourth-order valence-electron chi connectivity index (χ4n) is 7.61. The summed E-state index contributed by atoms with van der Waals surface area (Å²) in [4.78, 5) is 37.9. The molecule has 0 saturated heterocycles. The summed E-state index contributed by atoms with van der Waals surface area (Å²) in [5, 5.41) is 3.69. The van der Waals surface area contributed by atoms with Gasteiger partial charge in [-0.25, -0.2) is 29.9 Å². The zero-order valence-corrected chi connectivity index (χ0v) is 32.4. The second-order valence-corrected chi connectivity index (χ2v) is 15.5. The van der Waals surface area contributed by atoms with Crippen LogP contribution in [0.5, 0.6) is 0 Å². The number of nitrogen functional groups attached to an aromatic ring is 1. The van der Waals surface area contributed by atoms with Crippen molar-refractivity contribution >= 4 is 49.8 Å². The highest BCUT2D eigenvalue weighted by molar-refractivity contribution is 6.07. The molecule has 276 valence electrons. The van der Waals surface area contributed by atoms with Gasteiger partial charge in [0, 0.05) is 60.6 Å². The fourth-order valence-corrected chi connectivity index (χ4v) is 7.61. The second-order valence-electron chi connectivity index (χ2n) is 15.5. The highest BCUT2D eigenvalue weighted by Crippen LogP contribution is 2.39. The minimum absolute atomic E-state index is 0.517. The summed E-state index contributed by atoms with van der Waals surface area (Å²) in [6, 6.07) is 31.1. The predicted octanol–water partition coefficient (Wildman–Crippen LogP) is 10.4. The third-order valence-electron chi connectivity index (χ3n) is 11.1. The molecule has 9 heteroatoms. The summed E-state index contributed by atoms with van der Waals surface area (Å²) in [5.41, 5.74) is 19.5. The van der Waals surface area contributed by atoms with E-state index in [1.165, 1.54) is 12.0 Å². The minimum Gasteiger partial charge on any atom is -0.398 e. The SMILES string of the molecule is Cc1cc2c3nc4nc(nc5[nH]c(nc6nc(nc([nH]3)c2cc1C)-c1cc(N)c(C)cc1-6)c1ccccc51)-c1ccc(C#Cc2ccc(CCC(C)C)cc2)cc1-4. The van der Waals surface area contributed by atoms with Crippen LogP contribution >= 0.6 is 0 Å². The van der Waals surface area contributed by atoms with Gasteiger partial charge in [0.15, 0.2) is 23.3 Å². The lowest BCUT2D eigenvalue weighted by Gasteiger charge is -2.04. The van der Waals surface area contributed by atoms with Crippen molar-refractivity contribution in [2.75, 3.05) is 5.73 Å². The van der Waals surface area contributed by atoms with Crippen molar-refractivity contribution in [1.29, 1.82) is 0 Å². The highest BCUT2D eigenvalue weighted by atomic mass is 15.1. The van der Waals surface area contributed by atoms with Gasteiger partial charge in [0.2, 0.25) is 0 Å². The van der Waals surface area contributed by atoms with Gasteiger partial charge in [-0.15, -0.1) is 0 Å². The molecule has 57 heavy (non-hydrogen) atoms. The van der Waals surface area contributed by atoms with E-state index in [0.717, 1.165) is 78.0 Å². The van der Waals surface area contributed by atoms with Crippen LogP contribution < -0.4 is 5.73 Å². The first-order valence-electron chi connectivity index (χ1n) is 19.3. The first kappa shape index (κ1) is 34.3. The summed E-state index contributed by atoms with van der Waals surface area (Å²) in [5.74, 6) is 9.58. The van der Waals surface area contributed by atoms with E-state index in [1.54, 1.807) is 0 Å². The number of aromatic nitrogens is 8. The maximum Gasteiger partial charge on any atom is 0.164 e. The molecule has 0 fully saturated rings. The number of aryl methyl sites for hydroxylation is 4. The van der Waals surface area contributed by atoms with E-state index in [0.29, 0.717) is 57.5 Å². The molecule has 0 amide bonds. The molecule has 10 rings (SSSR count). The zero-order valence-electron chi connectivity index (χ0n) is 32.4. The Kier molecular flexibility index (Phi) is 7.97. The number of hydrogen-bond donors (Lipinski definition) is 3. The van der Waals surface area contributed by atoms with E-state index >= 15 is 0 Å². The summed E-state index contributed by atoms with van der Waals surface area (Å²) in [6.07, 6.45) is 2.24. The van der Waals surface area contributed by atoms with Crippen LogP contribution in [-0.2, 0) is 6.42 Å². The molecule has 2 aliphatic rings. The van der Waals surface area contributed by atoms with Crippen LogP contribution in [0.4, 0.5) is 5.69 Å². The molecule has 9 nitrogen and oxygen atoms in total. The number of fused-ring (bicyclic) bond motifs is 20. The molecule has 8 aromatic rings. The van der Waals surface area contributed by atoms with Crippen LogP contribution in [0.25, 0.3) is 89.7 Å². The van der Waals surface area contributed by atoms with Gasteiger partial charge in [-0.3, -0.25) is 0 Å². The molecule has 5 aromatic carbocycles. The molecule has 0 saturated carbocycles. The Balaban J connectivity index is 1.23. The van der Waals surface area contributed by atoms with Gasteiger partial charge in [-0.2, -0.15) is 0 Å². The second kappa shape index (κ2) is 13.2. The monoisotopic (exact) mass is 741 g/mol. The number of benzene rings is 5. The normalized spacial score (nSPS) is 11.8. The largest absolute Gasteiger partial charge is 0.398 e. The van der Waals surface area contributed by atoms with Crippen LogP contribution in [0.2, 0.25) is 0 Å². The van der Waals surface area contributed by atoms with Crippen molar-refractivity contribution in [2.24, 2.45) is 5.92 Å². The average molecular weight is 742 g/mol. The first-order valence-corrected chi connectivity index (χ1v) is 19.3. The maximum atomic E-state index is 6.47. The van der Waals surface area contributed by atoms with Crippen molar-refractivity contribution in [3.8, 4) is 57.4 Å². The quantitative estimate of drug-likeness (QED) is 0.121. The minimum atomic E-state index is 0.517. The van der Waals surface area contributed by atoms with Gasteiger partial charge in [0.05, 0.1) is 0 Å². The smallest absolute Gasteiger partial charge is 0.164 e. The van der Waals surface area contributed by atoms with Gasteiger partial charge >= 0.3 is 0 Å². The summed E-state index contributed by atoms with van der Waals surface area (Å²) in [6.45, 7) is 10.7. The van der Waals surface area contributed by atoms with Crippen LogP contribution in [0, 0.1) is 38.5 Å². The highest BCUT2D eigenvalue weighted by Gasteiger charge is 2.23. The summed E-state index contributed by atoms with van der Waals surface area (Å²) < 4.78 is 0. The van der Waals surface area contributed by atoms with Crippen LogP contribution in [-0.4, -0.2) is 39.9 Å². The van der Waals surface area contributed by atoms with E-state index in [2.05, 4.69) is 92.0 Å². The lowest BCUT2D eigenvalue weighted by Crippen LogP contribution is -1.92. The van der Waals surface area contributed by atoms with E-state index in [-0.39, 0.29) is 0 Å². The Labute approximate surface area is 329 Å². The van der Waals surface area contributed by atoms with Crippen molar-refractivity contribution in [1.82, 2.24) is 39.9 Å². The molecule has 0 spiro atoms. The van der Waals surface area contributed by atoms with Crippen LogP contribution in [0.3, 0.4) is 0 Å². The molecular weight excluding hydrogens is 703 g/mol. The van der Waals surface area contributed by atoms with Crippen molar-refractivity contribution in [2.45, 2.75) is 47.5 Å². The van der Waals surface area contributed by atoms with Crippen molar-refractivity contribution in [3.05, 3.63) is 124 Å². The van der Waals surface area contributed by atoms with E-state index in [9.17, 15) is 0 Å². The first-order chi connectivity index (χ1) is 27.6. The molecular formula is C48H39N9. The molecule has 5 heterocycles. The van der Waals surface area contributed by atoms with Gasteiger partial charge in [-0.05, 0) is 116 Å². The number of rotatable bonds is 3. The Morgan fingerprint density at radius 1 is 0.509 bits per heavy atom. The molecule has 4 N–H and O–H groups in total. The molecule has 0 atom stereocenters. The number of anilines is 1. The standard InChI is InChI=1S/C48H39N9/c1-25(2)10-11-29-12-14-30(15-13-29)16-17-31-18-19-34-38(23-31)47-53-43(34)51-41-32-8-6-7-9-33(32)42(50-41)52-46-37-22-28(5)40(49)24-39(37)48(57-46)56-45-36-21-27(4)26(3)20-35(36)44(54-45)55-47/h6-9,12-15,18-25H,10-11,49H2,1-5H3,(H2,50,51,52,53,54,55,56,57). The summed E-state index contributed by atoms with van der Waals surface area (Å²) >= 11 is 0. The van der Waals surface area contributed by atoms with Gasteiger partial charge in [0.25, 0.3) is 0 Å². The number of hydrogen-bond acceptors (Lipinski definition) is 7. The molecule has 3 aromatic heterocycles. The topological polar surface area (TPSA) is 135 Å². The van der Waals surface area contributed by atoms with Crippen molar-refractivity contribution < 1.29 is 0 Å². The summed E-state index contributed by atoms with van der Waals surface area (Å²) in [7, 11) is 0. The van der Waals surface area contributed by atoms with E-state index < -0.39 is 0 Å². The fraction of sp³-hybridized carbons (Fsp3) is 0.167.